The van der Waals surface area contributed by atoms with Gasteiger partial charge in [-0.05, 0) is 12.8 Å². The van der Waals surface area contributed by atoms with Crippen molar-refractivity contribution in [1.29, 1.82) is 0 Å². The lowest BCUT2D eigenvalue weighted by Gasteiger charge is -2.40. The lowest BCUT2D eigenvalue weighted by Crippen LogP contribution is -2.62. The van der Waals surface area contributed by atoms with E-state index in [9.17, 15) is 19.2 Å². The fraction of sp³-hybridized carbons (Fsp3) is 0.692. The summed E-state index contributed by atoms with van der Waals surface area (Å²) in [6.07, 6.45) is 1.02. The highest BCUT2D eigenvalue weighted by Gasteiger charge is 2.60. The van der Waals surface area contributed by atoms with Crippen molar-refractivity contribution in [1.82, 2.24) is 4.90 Å². The molecule has 114 valence electrons. The summed E-state index contributed by atoms with van der Waals surface area (Å²) in [6, 6.07) is 0. The summed E-state index contributed by atoms with van der Waals surface area (Å²) in [7, 11) is 0. The number of fused-ring (bicyclic) bond motifs is 1. The normalized spacial score (nSPS) is 36.8. The molecule has 0 aromatic rings. The third kappa shape index (κ3) is 2.19. The zero-order chi connectivity index (χ0) is 15.2. The molecule has 0 aromatic carbocycles. The SMILES string of the molecule is NC(=O)C1(N2C(=O)C3SCCSC3C2=O)CCCC(=O)C1. The Hall–Kier alpha value is -1.02. The molecule has 3 amide bonds. The maximum Gasteiger partial charge on any atom is 0.244 e. The molecule has 2 heterocycles. The predicted octanol–water partition coefficient (Wildman–Crippen LogP) is -0.0604. The van der Waals surface area contributed by atoms with Crippen molar-refractivity contribution in [3.05, 3.63) is 0 Å². The number of hydrogen-bond donors (Lipinski definition) is 1. The number of imide groups is 1. The Morgan fingerprint density at radius 3 is 2.19 bits per heavy atom. The minimum absolute atomic E-state index is 0.115. The van der Waals surface area contributed by atoms with E-state index in [0.29, 0.717) is 19.3 Å². The molecule has 0 aromatic heterocycles. The Balaban J connectivity index is 1.99. The van der Waals surface area contributed by atoms with Gasteiger partial charge in [-0.1, -0.05) is 0 Å². The van der Waals surface area contributed by atoms with Gasteiger partial charge in [-0.2, -0.15) is 0 Å². The number of thioether (sulfide) groups is 2. The number of Topliss-reactive ketones (excluding diaryl/α,β-unsaturated/α-hetero) is 1. The van der Waals surface area contributed by atoms with Crippen LogP contribution in [-0.4, -0.2) is 55.9 Å². The fourth-order valence-corrected chi connectivity index (χ4v) is 6.13. The Bertz CT molecular complexity index is 514. The number of nitrogens with two attached hydrogens (primary N) is 1. The van der Waals surface area contributed by atoms with E-state index >= 15 is 0 Å². The van der Waals surface area contributed by atoms with Crippen LogP contribution in [0.25, 0.3) is 0 Å². The molecule has 3 unspecified atom stereocenters. The molecule has 0 spiro atoms. The second-order valence-electron chi connectivity index (χ2n) is 5.56. The highest BCUT2D eigenvalue weighted by atomic mass is 32.2. The molecule has 1 aliphatic carbocycles. The lowest BCUT2D eigenvalue weighted by atomic mass is 9.79. The molecule has 3 aliphatic rings. The molecule has 6 nitrogen and oxygen atoms in total. The number of primary amides is 1. The highest BCUT2D eigenvalue weighted by molar-refractivity contribution is 8.08. The number of likely N-dealkylation sites (tertiary alicyclic amines) is 1. The van der Waals surface area contributed by atoms with Gasteiger partial charge >= 0.3 is 0 Å². The van der Waals surface area contributed by atoms with Crippen LogP contribution >= 0.6 is 23.5 Å². The van der Waals surface area contributed by atoms with E-state index < -0.39 is 21.9 Å². The van der Waals surface area contributed by atoms with Crippen LogP contribution in [0.1, 0.15) is 25.7 Å². The van der Waals surface area contributed by atoms with E-state index in [1.165, 1.54) is 23.5 Å². The first-order valence-electron chi connectivity index (χ1n) is 6.90. The third-order valence-electron chi connectivity index (χ3n) is 4.30. The van der Waals surface area contributed by atoms with Gasteiger partial charge in [-0.25, -0.2) is 0 Å². The van der Waals surface area contributed by atoms with Gasteiger partial charge in [0.15, 0.2) is 0 Å². The highest BCUT2D eigenvalue weighted by Crippen LogP contribution is 2.43. The van der Waals surface area contributed by atoms with Gasteiger partial charge < -0.3 is 5.73 Å². The van der Waals surface area contributed by atoms with Crippen molar-refractivity contribution in [3.8, 4) is 0 Å². The average molecular weight is 328 g/mol. The van der Waals surface area contributed by atoms with Crippen LogP contribution in [0.2, 0.25) is 0 Å². The van der Waals surface area contributed by atoms with Crippen molar-refractivity contribution >= 4 is 47.0 Å². The monoisotopic (exact) mass is 328 g/mol. The second-order valence-corrected chi connectivity index (χ2v) is 8.06. The van der Waals surface area contributed by atoms with Crippen LogP contribution < -0.4 is 5.73 Å². The van der Waals surface area contributed by atoms with Crippen molar-refractivity contribution in [3.63, 3.8) is 0 Å². The summed E-state index contributed by atoms with van der Waals surface area (Å²) in [5, 5.41) is -0.881. The Morgan fingerprint density at radius 1 is 1.14 bits per heavy atom. The van der Waals surface area contributed by atoms with Crippen LogP contribution in [0.4, 0.5) is 0 Å². The minimum Gasteiger partial charge on any atom is -0.368 e. The molecule has 1 saturated carbocycles. The summed E-state index contributed by atoms with van der Waals surface area (Å²) in [6.45, 7) is 0. The first-order valence-corrected chi connectivity index (χ1v) is 9.00. The molecule has 3 atom stereocenters. The molecule has 2 saturated heterocycles. The predicted molar refractivity (Wildman–Crippen MR) is 79.7 cm³/mol. The molecule has 0 bridgehead atoms. The topological polar surface area (TPSA) is 97.5 Å². The quantitative estimate of drug-likeness (QED) is 0.713. The van der Waals surface area contributed by atoms with Crippen molar-refractivity contribution in [2.45, 2.75) is 41.7 Å². The molecule has 8 heteroatoms. The number of ketones is 1. The summed E-state index contributed by atoms with van der Waals surface area (Å²) in [4.78, 5) is 50.1. The van der Waals surface area contributed by atoms with Gasteiger partial charge in [0.1, 0.15) is 21.8 Å². The van der Waals surface area contributed by atoms with Gasteiger partial charge in [0, 0.05) is 24.3 Å². The van der Waals surface area contributed by atoms with E-state index in [2.05, 4.69) is 0 Å². The van der Waals surface area contributed by atoms with Gasteiger partial charge in [0.25, 0.3) is 0 Å². The summed E-state index contributed by atoms with van der Waals surface area (Å²) in [5.41, 5.74) is 4.06. The molecular weight excluding hydrogens is 312 g/mol. The standard InChI is InChI=1S/C13H16N2O4S2/c14-12(19)13(3-1-2-7(16)6-13)15-10(17)8-9(11(15)18)21-5-4-20-8/h8-9H,1-6H2,(H2,14,19). The minimum atomic E-state index is -1.44. The van der Waals surface area contributed by atoms with Crippen molar-refractivity contribution in [2.24, 2.45) is 5.73 Å². The van der Waals surface area contributed by atoms with E-state index in [1.807, 2.05) is 0 Å². The van der Waals surface area contributed by atoms with Crippen LogP contribution in [0, 0.1) is 0 Å². The molecule has 0 radical (unpaired) electrons. The number of carbonyl (C=O) groups is 4. The number of carbonyl (C=O) groups excluding carboxylic acids is 4. The second kappa shape index (κ2) is 5.31. The first-order chi connectivity index (χ1) is 9.97. The summed E-state index contributed by atoms with van der Waals surface area (Å²) >= 11 is 2.91. The van der Waals surface area contributed by atoms with Gasteiger partial charge in [-0.3, -0.25) is 24.1 Å². The van der Waals surface area contributed by atoms with Gasteiger partial charge in [-0.15, -0.1) is 23.5 Å². The zero-order valence-corrected chi connectivity index (χ0v) is 13.0. The number of amides is 3. The first kappa shape index (κ1) is 14.9. The molecular formula is C13H16N2O4S2. The number of hydrogen-bond acceptors (Lipinski definition) is 6. The van der Waals surface area contributed by atoms with E-state index in [4.69, 9.17) is 5.73 Å². The summed E-state index contributed by atoms with van der Waals surface area (Å²) < 4.78 is 0. The zero-order valence-electron chi connectivity index (χ0n) is 11.4. The Labute approximate surface area is 130 Å². The van der Waals surface area contributed by atoms with Crippen LogP contribution in [0.3, 0.4) is 0 Å². The van der Waals surface area contributed by atoms with E-state index in [1.54, 1.807) is 0 Å². The lowest BCUT2D eigenvalue weighted by molar-refractivity contribution is -0.155. The van der Waals surface area contributed by atoms with E-state index in [-0.39, 0.29) is 24.0 Å². The van der Waals surface area contributed by atoms with Gasteiger partial charge in [0.05, 0.1) is 0 Å². The van der Waals surface area contributed by atoms with Crippen LogP contribution in [-0.2, 0) is 19.2 Å². The number of nitrogens with zero attached hydrogens (tertiary/aromatic N) is 1. The average Bonchev–Trinajstić information content (AvgIpc) is 2.71. The van der Waals surface area contributed by atoms with Crippen molar-refractivity contribution in [2.75, 3.05) is 11.5 Å². The van der Waals surface area contributed by atoms with Crippen molar-refractivity contribution < 1.29 is 19.2 Å². The molecule has 21 heavy (non-hydrogen) atoms. The largest absolute Gasteiger partial charge is 0.368 e. The Morgan fingerprint density at radius 2 is 1.71 bits per heavy atom. The molecule has 3 fully saturated rings. The number of rotatable bonds is 2. The fourth-order valence-electron chi connectivity index (χ4n) is 3.30. The van der Waals surface area contributed by atoms with E-state index in [0.717, 1.165) is 16.4 Å². The molecule has 2 aliphatic heterocycles. The maximum absolute atomic E-state index is 12.6. The third-order valence-corrected chi connectivity index (χ3v) is 7.28. The van der Waals surface area contributed by atoms with Gasteiger partial charge in [0.2, 0.25) is 17.7 Å². The van der Waals surface area contributed by atoms with Crippen LogP contribution in [0.5, 0.6) is 0 Å². The smallest absolute Gasteiger partial charge is 0.244 e. The molecule has 2 N–H and O–H groups in total. The maximum atomic E-state index is 12.6. The summed E-state index contributed by atoms with van der Waals surface area (Å²) in [5.74, 6) is 0.0516. The van der Waals surface area contributed by atoms with Crippen LogP contribution in [0.15, 0.2) is 0 Å². The molecule has 3 rings (SSSR count). The Kier molecular flexibility index (Phi) is 3.77.